The second-order valence-corrected chi connectivity index (χ2v) is 13.4. The Labute approximate surface area is 212 Å². The smallest absolute Gasteiger partial charge is 0.263 e. The van der Waals surface area contributed by atoms with Crippen LogP contribution in [0.5, 0.6) is 0 Å². The Balaban J connectivity index is 1.41. The zero-order valence-corrected chi connectivity index (χ0v) is 22.1. The lowest BCUT2D eigenvalue weighted by Gasteiger charge is -2.32. The normalized spacial score (nSPS) is 15.5. The minimum atomic E-state index is -3.98. The molecule has 1 N–H and O–H groups in total. The van der Waals surface area contributed by atoms with Gasteiger partial charge in [0.25, 0.3) is 10.0 Å². The highest BCUT2D eigenvalue weighted by Gasteiger charge is 2.26. The van der Waals surface area contributed by atoms with E-state index >= 15 is 0 Å². The number of benzene rings is 2. The third-order valence-electron chi connectivity index (χ3n) is 5.67. The number of anilines is 2. The summed E-state index contributed by atoms with van der Waals surface area (Å²) in [5.41, 5.74) is 0.503. The highest BCUT2D eigenvalue weighted by Crippen LogP contribution is 2.35. The van der Waals surface area contributed by atoms with E-state index in [1.54, 1.807) is 12.1 Å². The monoisotopic (exact) mass is 559 g/mol. The fourth-order valence-corrected chi connectivity index (χ4v) is 6.92. The van der Waals surface area contributed by atoms with Gasteiger partial charge in [-0.1, -0.05) is 22.9 Å². The van der Waals surface area contributed by atoms with Gasteiger partial charge in [-0.2, -0.15) is 0 Å². The molecule has 2 heterocycles. The van der Waals surface area contributed by atoms with Crippen LogP contribution in [0.3, 0.4) is 0 Å². The van der Waals surface area contributed by atoms with Gasteiger partial charge in [0.1, 0.15) is 10.8 Å². The summed E-state index contributed by atoms with van der Waals surface area (Å²) in [5, 5.41) is 9.30. The molecule has 2 aromatic carbocycles. The van der Waals surface area contributed by atoms with Gasteiger partial charge >= 0.3 is 0 Å². The van der Waals surface area contributed by atoms with E-state index in [-0.39, 0.29) is 26.7 Å². The molecule has 188 valence electrons. The van der Waals surface area contributed by atoms with Crippen LogP contribution >= 0.6 is 22.9 Å². The molecule has 1 aliphatic heterocycles. The standard InChI is InChI=1S/C21H23ClFN5O4S3/c1-27(2)35(31,32)17-6-4-16(5-7-17)34(29,30)26-21-25-24-20(33-21)14-9-11-28(12-10-14)19-8-3-15(22)13-18(19)23/h3-8,13-14H,9-12H2,1-2H3,(H,25,26). The number of piperidine rings is 1. The van der Waals surface area contributed by atoms with Crippen LogP contribution in [0.25, 0.3) is 0 Å². The predicted octanol–water partition coefficient (Wildman–Crippen LogP) is 3.77. The first kappa shape index (κ1) is 25.8. The molecule has 1 fully saturated rings. The van der Waals surface area contributed by atoms with Crippen LogP contribution in [0, 0.1) is 5.82 Å². The van der Waals surface area contributed by atoms with Gasteiger partial charge in [0.2, 0.25) is 15.2 Å². The Kier molecular flexibility index (Phi) is 7.34. The van der Waals surface area contributed by atoms with Crippen LogP contribution < -0.4 is 9.62 Å². The average Bonchev–Trinajstić information content (AvgIpc) is 3.27. The van der Waals surface area contributed by atoms with Crippen molar-refractivity contribution in [3.8, 4) is 0 Å². The van der Waals surface area contributed by atoms with Crippen LogP contribution in [0.1, 0.15) is 23.8 Å². The number of halogens is 2. The topological polar surface area (TPSA) is 113 Å². The van der Waals surface area contributed by atoms with Crippen LogP contribution in [-0.4, -0.2) is 58.5 Å². The van der Waals surface area contributed by atoms with Crippen molar-refractivity contribution in [1.29, 1.82) is 0 Å². The Morgan fingerprint density at radius 3 is 2.26 bits per heavy atom. The maximum Gasteiger partial charge on any atom is 0.263 e. The van der Waals surface area contributed by atoms with E-state index in [4.69, 9.17) is 11.6 Å². The molecule has 3 aromatic rings. The van der Waals surface area contributed by atoms with Gasteiger partial charge in [0, 0.05) is 38.1 Å². The lowest BCUT2D eigenvalue weighted by Crippen LogP contribution is -2.33. The third kappa shape index (κ3) is 5.59. The summed E-state index contributed by atoms with van der Waals surface area (Å²) in [6.07, 6.45) is 1.43. The number of hydrogen-bond donors (Lipinski definition) is 1. The number of sulfonamides is 2. The first-order valence-electron chi connectivity index (χ1n) is 10.6. The fourth-order valence-electron chi connectivity index (χ4n) is 3.72. The van der Waals surface area contributed by atoms with E-state index in [1.807, 2.05) is 4.90 Å². The van der Waals surface area contributed by atoms with Crippen LogP contribution in [0.2, 0.25) is 5.02 Å². The van der Waals surface area contributed by atoms with Crippen molar-refractivity contribution in [1.82, 2.24) is 14.5 Å². The lowest BCUT2D eigenvalue weighted by atomic mass is 9.97. The Bertz CT molecular complexity index is 1420. The molecule has 0 radical (unpaired) electrons. The molecule has 1 aromatic heterocycles. The van der Waals surface area contributed by atoms with E-state index in [9.17, 15) is 21.2 Å². The van der Waals surface area contributed by atoms with E-state index in [2.05, 4.69) is 14.9 Å². The largest absolute Gasteiger partial charge is 0.369 e. The molecule has 35 heavy (non-hydrogen) atoms. The van der Waals surface area contributed by atoms with Gasteiger partial charge in [-0.15, -0.1) is 10.2 Å². The summed E-state index contributed by atoms with van der Waals surface area (Å²) in [6, 6.07) is 9.56. The molecule has 0 bridgehead atoms. The number of rotatable bonds is 7. The maximum absolute atomic E-state index is 14.2. The highest BCUT2D eigenvalue weighted by atomic mass is 35.5. The van der Waals surface area contributed by atoms with Crippen molar-refractivity contribution in [2.75, 3.05) is 36.8 Å². The molecule has 0 unspecified atom stereocenters. The molecule has 1 saturated heterocycles. The Hall–Kier alpha value is -2.32. The van der Waals surface area contributed by atoms with Gasteiger partial charge in [-0.3, -0.25) is 4.72 Å². The van der Waals surface area contributed by atoms with Crippen LogP contribution in [-0.2, 0) is 20.0 Å². The van der Waals surface area contributed by atoms with Gasteiger partial charge < -0.3 is 4.90 Å². The second kappa shape index (κ2) is 9.97. The summed E-state index contributed by atoms with van der Waals surface area (Å²) in [5.74, 6) is -0.288. The van der Waals surface area contributed by atoms with Gasteiger partial charge in [-0.25, -0.2) is 25.5 Å². The molecular formula is C21H23ClFN5O4S3. The molecule has 0 saturated carbocycles. The number of nitrogens with one attached hydrogen (secondary N) is 1. The van der Waals surface area contributed by atoms with Gasteiger partial charge in [-0.05, 0) is 55.3 Å². The fraction of sp³-hybridized carbons (Fsp3) is 0.333. The summed E-state index contributed by atoms with van der Waals surface area (Å²) < 4.78 is 67.6. The van der Waals surface area contributed by atoms with Crippen LogP contribution in [0.15, 0.2) is 52.3 Å². The van der Waals surface area contributed by atoms with Gasteiger partial charge in [0.05, 0.1) is 15.5 Å². The third-order valence-corrected chi connectivity index (χ3v) is 10.2. The van der Waals surface area contributed by atoms with Crippen LogP contribution in [0.4, 0.5) is 15.2 Å². The van der Waals surface area contributed by atoms with E-state index in [0.717, 1.165) is 15.6 Å². The molecule has 1 aliphatic rings. The van der Waals surface area contributed by atoms with Crippen molar-refractivity contribution in [2.24, 2.45) is 0 Å². The number of nitrogens with zero attached hydrogens (tertiary/aromatic N) is 4. The maximum atomic E-state index is 14.2. The molecule has 0 amide bonds. The first-order chi connectivity index (χ1) is 16.5. The Morgan fingerprint density at radius 2 is 1.66 bits per heavy atom. The summed E-state index contributed by atoms with van der Waals surface area (Å²) in [7, 11) is -4.85. The molecule has 14 heteroatoms. The van der Waals surface area contributed by atoms with E-state index < -0.39 is 20.0 Å². The lowest BCUT2D eigenvalue weighted by molar-refractivity contribution is 0.493. The predicted molar refractivity (Wildman–Crippen MR) is 134 cm³/mol. The zero-order chi connectivity index (χ0) is 25.4. The highest BCUT2D eigenvalue weighted by molar-refractivity contribution is 7.93. The Morgan fingerprint density at radius 1 is 1.03 bits per heavy atom. The second-order valence-electron chi connectivity index (χ2n) is 8.17. The molecular weight excluding hydrogens is 537 g/mol. The van der Waals surface area contributed by atoms with E-state index in [1.165, 1.54) is 44.4 Å². The quantitative estimate of drug-likeness (QED) is 0.469. The zero-order valence-electron chi connectivity index (χ0n) is 18.8. The van der Waals surface area contributed by atoms with Crippen molar-refractivity contribution in [3.63, 3.8) is 0 Å². The number of aromatic nitrogens is 2. The van der Waals surface area contributed by atoms with Crippen molar-refractivity contribution < 1.29 is 21.2 Å². The first-order valence-corrected chi connectivity index (χ1v) is 14.7. The summed E-state index contributed by atoms with van der Waals surface area (Å²) >= 11 is 6.98. The van der Waals surface area contributed by atoms with Crippen molar-refractivity contribution in [2.45, 2.75) is 28.6 Å². The average molecular weight is 560 g/mol. The molecule has 9 nitrogen and oxygen atoms in total. The minimum Gasteiger partial charge on any atom is -0.369 e. The molecule has 0 spiro atoms. The minimum absolute atomic E-state index is 0.00975. The summed E-state index contributed by atoms with van der Waals surface area (Å²) in [6.45, 7) is 1.23. The van der Waals surface area contributed by atoms with Crippen molar-refractivity contribution in [3.05, 3.63) is 58.3 Å². The summed E-state index contributed by atoms with van der Waals surface area (Å²) in [4.78, 5) is 1.85. The molecule has 0 aliphatic carbocycles. The van der Waals surface area contributed by atoms with Crippen molar-refractivity contribution >= 4 is 53.8 Å². The number of hydrogen-bond acceptors (Lipinski definition) is 8. The molecule has 0 atom stereocenters. The SMILES string of the molecule is CN(C)S(=O)(=O)c1ccc(S(=O)(=O)Nc2nnc(C3CCN(c4ccc(Cl)cc4F)CC3)s2)cc1. The van der Waals surface area contributed by atoms with E-state index in [0.29, 0.717) is 41.6 Å². The molecule has 4 rings (SSSR count). The van der Waals surface area contributed by atoms with Gasteiger partial charge in [0.15, 0.2) is 0 Å².